The lowest BCUT2D eigenvalue weighted by atomic mass is 10.2. The molecule has 0 saturated carbocycles. The zero-order valence-electron chi connectivity index (χ0n) is 11.6. The van der Waals surface area contributed by atoms with Crippen LogP contribution in [-0.4, -0.2) is 21.8 Å². The number of imidazole rings is 1. The van der Waals surface area contributed by atoms with Crippen LogP contribution in [0, 0.1) is 0 Å². The van der Waals surface area contributed by atoms with E-state index < -0.39 is 0 Å². The Bertz CT molecular complexity index is 812. The molecule has 0 aliphatic rings. The SMILES string of the molecule is O=C(NCCc1cn2cc(Cl)ccc2n1)c1ccc(Cl)cc1. The molecule has 1 aromatic carbocycles. The van der Waals surface area contributed by atoms with Gasteiger partial charge >= 0.3 is 0 Å². The van der Waals surface area contributed by atoms with E-state index in [1.807, 2.05) is 16.7 Å². The van der Waals surface area contributed by atoms with Crippen molar-refractivity contribution in [3.05, 3.63) is 70.1 Å². The zero-order chi connectivity index (χ0) is 15.5. The average Bonchev–Trinajstić information content (AvgIpc) is 2.89. The van der Waals surface area contributed by atoms with E-state index in [0.717, 1.165) is 11.3 Å². The Morgan fingerprint density at radius 3 is 2.55 bits per heavy atom. The molecule has 1 N–H and O–H groups in total. The van der Waals surface area contributed by atoms with Crippen LogP contribution in [0.1, 0.15) is 16.1 Å². The van der Waals surface area contributed by atoms with E-state index in [1.165, 1.54) is 0 Å². The fourth-order valence-electron chi connectivity index (χ4n) is 2.15. The number of benzene rings is 1. The Balaban J connectivity index is 1.59. The lowest BCUT2D eigenvalue weighted by Crippen LogP contribution is -2.25. The molecule has 0 saturated heterocycles. The molecule has 112 valence electrons. The van der Waals surface area contributed by atoms with Crippen LogP contribution in [0.5, 0.6) is 0 Å². The third-order valence-corrected chi connectivity index (χ3v) is 3.71. The van der Waals surface area contributed by atoms with Gasteiger partial charge in [-0.2, -0.15) is 0 Å². The van der Waals surface area contributed by atoms with Gasteiger partial charge < -0.3 is 9.72 Å². The number of hydrogen-bond donors (Lipinski definition) is 1. The van der Waals surface area contributed by atoms with Crippen molar-refractivity contribution in [3.63, 3.8) is 0 Å². The van der Waals surface area contributed by atoms with Crippen LogP contribution in [0.4, 0.5) is 0 Å². The minimum absolute atomic E-state index is 0.122. The highest BCUT2D eigenvalue weighted by Crippen LogP contribution is 2.12. The summed E-state index contributed by atoms with van der Waals surface area (Å²) in [4.78, 5) is 16.4. The van der Waals surface area contributed by atoms with Crippen LogP contribution >= 0.6 is 23.2 Å². The minimum atomic E-state index is -0.122. The van der Waals surface area contributed by atoms with Crippen LogP contribution in [0.15, 0.2) is 48.8 Å². The molecule has 0 radical (unpaired) electrons. The van der Waals surface area contributed by atoms with Gasteiger partial charge in [0.15, 0.2) is 0 Å². The molecular weight excluding hydrogens is 321 g/mol. The van der Waals surface area contributed by atoms with Crippen molar-refractivity contribution in [1.82, 2.24) is 14.7 Å². The Hall–Kier alpha value is -2.04. The van der Waals surface area contributed by atoms with Gasteiger partial charge in [0.1, 0.15) is 5.65 Å². The minimum Gasteiger partial charge on any atom is -0.352 e. The van der Waals surface area contributed by atoms with Gasteiger partial charge in [-0.05, 0) is 36.4 Å². The van der Waals surface area contributed by atoms with Gasteiger partial charge in [0.2, 0.25) is 0 Å². The number of nitrogens with zero attached hydrogens (tertiary/aromatic N) is 2. The number of aromatic nitrogens is 2. The van der Waals surface area contributed by atoms with Crippen LogP contribution in [0.2, 0.25) is 10.0 Å². The summed E-state index contributed by atoms with van der Waals surface area (Å²) in [5, 5.41) is 4.14. The third-order valence-electron chi connectivity index (χ3n) is 3.24. The number of carbonyl (C=O) groups excluding carboxylic acids is 1. The molecule has 0 aliphatic carbocycles. The van der Waals surface area contributed by atoms with E-state index >= 15 is 0 Å². The normalized spacial score (nSPS) is 10.8. The summed E-state index contributed by atoms with van der Waals surface area (Å²) in [5.41, 5.74) is 2.33. The smallest absolute Gasteiger partial charge is 0.251 e. The van der Waals surface area contributed by atoms with Gasteiger partial charge in [0.25, 0.3) is 5.91 Å². The molecule has 3 rings (SSSR count). The van der Waals surface area contributed by atoms with Crippen molar-refractivity contribution >= 4 is 34.8 Å². The Morgan fingerprint density at radius 1 is 1.05 bits per heavy atom. The van der Waals surface area contributed by atoms with Crippen molar-refractivity contribution in [3.8, 4) is 0 Å². The molecule has 0 fully saturated rings. The number of rotatable bonds is 4. The fourth-order valence-corrected chi connectivity index (χ4v) is 2.44. The predicted molar refractivity (Wildman–Crippen MR) is 87.7 cm³/mol. The maximum Gasteiger partial charge on any atom is 0.251 e. The second kappa shape index (κ2) is 6.38. The van der Waals surface area contributed by atoms with Crippen molar-refractivity contribution in [2.24, 2.45) is 0 Å². The summed E-state index contributed by atoms with van der Waals surface area (Å²) < 4.78 is 1.87. The summed E-state index contributed by atoms with van der Waals surface area (Å²) in [5.74, 6) is -0.122. The molecule has 0 aliphatic heterocycles. The molecule has 0 spiro atoms. The number of hydrogen-bond acceptors (Lipinski definition) is 2. The summed E-state index contributed by atoms with van der Waals surface area (Å²) in [6.45, 7) is 0.513. The summed E-state index contributed by atoms with van der Waals surface area (Å²) in [6.07, 6.45) is 4.37. The van der Waals surface area contributed by atoms with Gasteiger partial charge in [-0.25, -0.2) is 4.98 Å². The maximum atomic E-state index is 12.0. The second-order valence-corrected chi connectivity index (χ2v) is 5.73. The molecule has 0 atom stereocenters. The monoisotopic (exact) mass is 333 g/mol. The van der Waals surface area contributed by atoms with Gasteiger partial charge in [-0.1, -0.05) is 23.2 Å². The first-order chi connectivity index (χ1) is 10.6. The van der Waals surface area contributed by atoms with Gasteiger partial charge in [0, 0.05) is 35.9 Å². The van der Waals surface area contributed by atoms with Crippen LogP contribution in [-0.2, 0) is 6.42 Å². The van der Waals surface area contributed by atoms with Crippen molar-refractivity contribution in [2.45, 2.75) is 6.42 Å². The molecule has 4 nitrogen and oxygen atoms in total. The number of carbonyl (C=O) groups is 1. The second-order valence-electron chi connectivity index (χ2n) is 4.86. The molecule has 0 bridgehead atoms. The van der Waals surface area contributed by atoms with E-state index in [4.69, 9.17) is 23.2 Å². The molecule has 6 heteroatoms. The first-order valence-electron chi connectivity index (χ1n) is 6.79. The predicted octanol–water partition coefficient (Wildman–Crippen LogP) is 3.61. The van der Waals surface area contributed by atoms with E-state index in [1.54, 1.807) is 36.5 Å². The number of fused-ring (bicyclic) bond motifs is 1. The number of nitrogens with one attached hydrogen (secondary N) is 1. The molecular formula is C16H13Cl2N3O. The number of halogens is 2. The molecule has 1 amide bonds. The highest BCUT2D eigenvalue weighted by Gasteiger charge is 2.06. The Kier molecular flexibility index (Phi) is 4.32. The third kappa shape index (κ3) is 3.40. The number of amides is 1. The van der Waals surface area contributed by atoms with Crippen LogP contribution in [0.3, 0.4) is 0 Å². The molecule has 0 unspecified atom stereocenters. The molecule has 2 heterocycles. The Labute approximate surface area is 137 Å². The fraction of sp³-hybridized carbons (Fsp3) is 0.125. The van der Waals surface area contributed by atoms with Gasteiger partial charge in [-0.15, -0.1) is 0 Å². The molecule has 3 aromatic rings. The summed E-state index contributed by atoms with van der Waals surface area (Å²) >= 11 is 11.7. The van der Waals surface area contributed by atoms with Crippen LogP contribution < -0.4 is 5.32 Å². The van der Waals surface area contributed by atoms with E-state index in [2.05, 4.69) is 10.3 Å². The topological polar surface area (TPSA) is 46.4 Å². The Morgan fingerprint density at radius 2 is 1.77 bits per heavy atom. The highest BCUT2D eigenvalue weighted by molar-refractivity contribution is 6.30. The standard InChI is InChI=1S/C16H13Cl2N3O/c17-12-3-1-11(2-4-12)16(22)19-8-7-14-10-21-9-13(18)5-6-15(21)20-14/h1-6,9-10H,7-8H2,(H,19,22). The number of pyridine rings is 1. The zero-order valence-corrected chi connectivity index (χ0v) is 13.1. The van der Waals surface area contributed by atoms with E-state index in [9.17, 15) is 4.79 Å². The van der Waals surface area contributed by atoms with Crippen molar-refractivity contribution in [1.29, 1.82) is 0 Å². The lowest BCUT2D eigenvalue weighted by Gasteiger charge is -2.03. The molecule has 2 aromatic heterocycles. The first-order valence-corrected chi connectivity index (χ1v) is 7.54. The van der Waals surface area contributed by atoms with Crippen molar-refractivity contribution < 1.29 is 4.79 Å². The largest absolute Gasteiger partial charge is 0.352 e. The lowest BCUT2D eigenvalue weighted by molar-refractivity contribution is 0.0954. The molecule has 22 heavy (non-hydrogen) atoms. The van der Waals surface area contributed by atoms with Crippen molar-refractivity contribution in [2.75, 3.05) is 6.54 Å². The first kappa shape index (κ1) is 14.9. The quantitative estimate of drug-likeness (QED) is 0.792. The van der Waals surface area contributed by atoms with Gasteiger partial charge in [0.05, 0.1) is 10.7 Å². The summed E-state index contributed by atoms with van der Waals surface area (Å²) in [7, 11) is 0. The van der Waals surface area contributed by atoms with Gasteiger partial charge in [-0.3, -0.25) is 4.79 Å². The average molecular weight is 334 g/mol. The summed E-state index contributed by atoms with van der Waals surface area (Å²) in [6, 6.07) is 10.5. The van der Waals surface area contributed by atoms with Crippen LogP contribution in [0.25, 0.3) is 5.65 Å². The van der Waals surface area contributed by atoms with E-state index in [0.29, 0.717) is 28.6 Å². The maximum absolute atomic E-state index is 12.0. The highest BCUT2D eigenvalue weighted by atomic mass is 35.5. The van der Waals surface area contributed by atoms with E-state index in [-0.39, 0.29) is 5.91 Å².